The van der Waals surface area contributed by atoms with E-state index in [4.69, 9.17) is 9.47 Å². The van der Waals surface area contributed by atoms with Crippen LogP contribution in [-0.4, -0.2) is 40.8 Å². The summed E-state index contributed by atoms with van der Waals surface area (Å²) >= 11 is 0. The van der Waals surface area contributed by atoms with E-state index in [1.54, 1.807) is 24.3 Å². The number of amides is 1. The van der Waals surface area contributed by atoms with E-state index in [0.29, 0.717) is 18.0 Å². The fraction of sp³-hybridized carbons (Fsp3) is 0.316. The molecule has 0 aliphatic heterocycles. The maximum Gasteiger partial charge on any atom is 0.241 e. The molecule has 1 N–H and O–H groups in total. The Hall–Kier alpha value is -2.74. The standard InChI is InChI=1S/C19H24N2O5S/c1-4-26-16-11-9-15(10-12-16)13-20-19(22)14-21(27(3,23)24)17-7-5-6-8-18(17)25-2/h5-12H,4,13-14H2,1-3H3,(H,20,22). The van der Waals surface area contributed by atoms with Crippen LogP contribution in [-0.2, 0) is 21.4 Å². The summed E-state index contributed by atoms with van der Waals surface area (Å²) in [5, 5.41) is 2.73. The Labute approximate surface area is 160 Å². The van der Waals surface area contributed by atoms with E-state index in [2.05, 4.69) is 5.32 Å². The number of hydrogen-bond donors (Lipinski definition) is 1. The molecule has 0 unspecified atom stereocenters. The molecule has 2 aromatic rings. The highest BCUT2D eigenvalue weighted by Crippen LogP contribution is 2.29. The maximum atomic E-state index is 12.3. The Morgan fingerprint density at radius 2 is 1.78 bits per heavy atom. The Kier molecular flexibility index (Phi) is 7.06. The zero-order valence-corrected chi connectivity index (χ0v) is 16.5. The second kappa shape index (κ2) is 9.27. The average Bonchev–Trinajstić information content (AvgIpc) is 2.65. The lowest BCUT2D eigenvalue weighted by Crippen LogP contribution is -2.40. The van der Waals surface area contributed by atoms with Crippen molar-refractivity contribution >= 4 is 21.6 Å². The number of ether oxygens (including phenoxy) is 2. The highest BCUT2D eigenvalue weighted by molar-refractivity contribution is 7.92. The van der Waals surface area contributed by atoms with Gasteiger partial charge in [0, 0.05) is 6.54 Å². The molecule has 0 aromatic heterocycles. The van der Waals surface area contributed by atoms with Gasteiger partial charge in [-0.2, -0.15) is 0 Å². The minimum atomic E-state index is -3.66. The second-order valence-electron chi connectivity index (χ2n) is 5.80. The summed E-state index contributed by atoms with van der Waals surface area (Å²) in [7, 11) is -2.21. The third kappa shape index (κ3) is 5.89. The number of sulfonamides is 1. The van der Waals surface area contributed by atoms with Gasteiger partial charge in [0.1, 0.15) is 18.0 Å². The van der Waals surface area contributed by atoms with Gasteiger partial charge < -0.3 is 14.8 Å². The maximum absolute atomic E-state index is 12.3. The monoisotopic (exact) mass is 392 g/mol. The van der Waals surface area contributed by atoms with Gasteiger partial charge in [-0.15, -0.1) is 0 Å². The molecule has 2 rings (SSSR count). The Morgan fingerprint density at radius 3 is 2.37 bits per heavy atom. The highest BCUT2D eigenvalue weighted by Gasteiger charge is 2.23. The molecule has 7 nitrogen and oxygen atoms in total. The van der Waals surface area contributed by atoms with E-state index in [-0.39, 0.29) is 13.1 Å². The number of carbonyl (C=O) groups excluding carboxylic acids is 1. The van der Waals surface area contributed by atoms with Crippen molar-refractivity contribution in [2.45, 2.75) is 13.5 Å². The molecule has 8 heteroatoms. The SMILES string of the molecule is CCOc1ccc(CNC(=O)CN(c2ccccc2OC)S(C)(=O)=O)cc1. The van der Waals surface area contributed by atoms with Crippen molar-refractivity contribution < 1.29 is 22.7 Å². The number of para-hydroxylation sites is 2. The van der Waals surface area contributed by atoms with Gasteiger partial charge in [0.15, 0.2) is 0 Å². The molecule has 0 bridgehead atoms. The lowest BCUT2D eigenvalue weighted by molar-refractivity contribution is -0.119. The van der Waals surface area contributed by atoms with Crippen LogP contribution in [0.2, 0.25) is 0 Å². The van der Waals surface area contributed by atoms with Crippen molar-refractivity contribution in [1.82, 2.24) is 5.32 Å². The third-order valence-electron chi connectivity index (χ3n) is 3.77. The lowest BCUT2D eigenvalue weighted by atomic mass is 10.2. The van der Waals surface area contributed by atoms with Gasteiger partial charge in [-0.3, -0.25) is 9.10 Å². The van der Waals surface area contributed by atoms with Gasteiger partial charge in [0.2, 0.25) is 15.9 Å². The topological polar surface area (TPSA) is 84.9 Å². The molecule has 0 atom stereocenters. The summed E-state index contributed by atoms with van der Waals surface area (Å²) in [5.41, 5.74) is 1.20. The predicted octanol–water partition coefficient (Wildman–Crippen LogP) is 2.18. The van der Waals surface area contributed by atoms with Crippen molar-refractivity contribution in [3.63, 3.8) is 0 Å². The number of carbonyl (C=O) groups is 1. The van der Waals surface area contributed by atoms with Crippen LogP contribution in [0, 0.1) is 0 Å². The van der Waals surface area contributed by atoms with Gasteiger partial charge in [0.05, 0.1) is 25.7 Å². The van der Waals surface area contributed by atoms with Gasteiger partial charge in [0.25, 0.3) is 0 Å². The number of anilines is 1. The smallest absolute Gasteiger partial charge is 0.241 e. The molecular weight excluding hydrogens is 368 g/mol. The van der Waals surface area contributed by atoms with E-state index in [1.807, 2.05) is 31.2 Å². The van der Waals surface area contributed by atoms with Crippen LogP contribution in [0.5, 0.6) is 11.5 Å². The normalized spacial score (nSPS) is 10.9. The van der Waals surface area contributed by atoms with Crippen LogP contribution >= 0.6 is 0 Å². The fourth-order valence-electron chi connectivity index (χ4n) is 2.47. The number of methoxy groups -OCH3 is 1. The van der Waals surface area contributed by atoms with Crippen molar-refractivity contribution in [3.05, 3.63) is 54.1 Å². The number of nitrogens with zero attached hydrogens (tertiary/aromatic N) is 1. The summed E-state index contributed by atoms with van der Waals surface area (Å²) in [6.45, 7) is 2.44. The molecule has 0 radical (unpaired) electrons. The van der Waals surface area contributed by atoms with Crippen molar-refractivity contribution in [1.29, 1.82) is 0 Å². The summed E-state index contributed by atoms with van der Waals surface area (Å²) in [4.78, 5) is 12.3. The van der Waals surface area contributed by atoms with Crippen molar-refractivity contribution in [2.75, 3.05) is 30.8 Å². The van der Waals surface area contributed by atoms with Gasteiger partial charge in [-0.25, -0.2) is 8.42 Å². The predicted molar refractivity (Wildman–Crippen MR) is 105 cm³/mol. The van der Waals surface area contributed by atoms with Gasteiger partial charge in [-0.1, -0.05) is 24.3 Å². The second-order valence-corrected chi connectivity index (χ2v) is 7.70. The van der Waals surface area contributed by atoms with Crippen molar-refractivity contribution in [3.8, 4) is 11.5 Å². The van der Waals surface area contributed by atoms with Crippen LogP contribution in [0.4, 0.5) is 5.69 Å². The first-order valence-electron chi connectivity index (χ1n) is 8.44. The highest BCUT2D eigenvalue weighted by atomic mass is 32.2. The molecule has 0 aliphatic rings. The van der Waals surface area contributed by atoms with E-state index < -0.39 is 15.9 Å². The number of nitrogens with one attached hydrogen (secondary N) is 1. The first-order valence-corrected chi connectivity index (χ1v) is 10.3. The van der Waals surface area contributed by atoms with Crippen LogP contribution in [0.1, 0.15) is 12.5 Å². The summed E-state index contributed by atoms with van der Waals surface area (Å²) in [5.74, 6) is 0.717. The average molecular weight is 392 g/mol. The van der Waals surface area contributed by atoms with E-state index in [1.165, 1.54) is 7.11 Å². The molecular formula is C19H24N2O5S. The summed E-state index contributed by atoms with van der Waals surface area (Å²) in [6.07, 6.45) is 1.05. The molecule has 2 aromatic carbocycles. The van der Waals surface area contributed by atoms with E-state index >= 15 is 0 Å². The van der Waals surface area contributed by atoms with E-state index in [9.17, 15) is 13.2 Å². The minimum absolute atomic E-state index is 0.286. The Morgan fingerprint density at radius 1 is 1.11 bits per heavy atom. The quantitative estimate of drug-likeness (QED) is 0.707. The molecule has 0 saturated heterocycles. The summed E-state index contributed by atoms with van der Waals surface area (Å²) < 4.78 is 36.0. The Bertz CT molecular complexity index is 866. The number of benzene rings is 2. The largest absolute Gasteiger partial charge is 0.495 e. The first-order chi connectivity index (χ1) is 12.8. The first kappa shape index (κ1) is 20.6. The molecule has 27 heavy (non-hydrogen) atoms. The fourth-order valence-corrected chi connectivity index (χ4v) is 3.33. The van der Waals surface area contributed by atoms with E-state index in [0.717, 1.165) is 21.9 Å². The summed E-state index contributed by atoms with van der Waals surface area (Å²) in [6, 6.07) is 14.0. The molecule has 0 fully saturated rings. The van der Waals surface area contributed by atoms with Crippen LogP contribution in [0.3, 0.4) is 0 Å². The molecule has 146 valence electrons. The number of hydrogen-bond acceptors (Lipinski definition) is 5. The minimum Gasteiger partial charge on any atom is -0.495 e. The van der Waals surface area contributed by atoms with Crippen LogP contribution in [0.15, 0.2) is 48.5 Å². The zero-order valence-electron chi connectivity index (χ0n) is 15.6. The third-order valence-corrected chi connectivity index (χ3v) is 4.89. The molecule has 0 aliphatic carbocycles. The van der Waals surface area contributed by atoms with Gasteiger partial charge >= 0.3 is 0 Å². The molecule has 0 saturated carbocycles. The van der Waals surface area contributed by atoms with Gasteiger partial charge in [-0.05, 0) is 36.8 Å². The van der Waals surface area contributed by atoms with Crippen LogP contribution in [0.25, 0.3) is 0 Å². The van der Waals surface area contributed by atoms with Crippen molar-refractivity contribution in [2.24, 2.45) is 0 Å². The molecule has 1 amide bonds. The molecule has 0 spiro atoms. The Balaban J connectivity index is 2.06. The number of rotatable bonds is 9. The molecule has 0 heterocycles. The lowest BCUT2D eigenvalue weighted by Gasteiger charge is -2.23. The zero-order chi connectivity index (χ0) is 19.9. The van der Waals surface area contributed by atoms with Crippen LogP contribution < -0.4 is 19.1 Å².